The van der Waals surface area contributed by atoms with E-state index in [4.69, 9.17) is 10.5 Å². The Hall–Kier alpha value is -3.63. The Kier molecular flexibility index (Phi) is 5.84. The van der Waals surface area contributed by atoms with Crippen LogP contribution in [0.5, 0.6) is 11.6 Å². The molecule has 0 radical (unpaired) electrons. The van der Waals surface area contributed by atoms with E-state index in [-0.39, 0.29) is 17.6 Å². The van der Waals surface area contributed by atoms with Crippen LogP contribution in [-0.4, -0.2) is 46.8 Å². The molecule has 176 valence electrons. The molecule has 34 heavy (non-hydrogen) atoms. The van der Waals surface area contributed by atoms with Crippen molar-refractivity contribution in [2.75, 3.05) is 30.4 Å². The molecule has 8 nitrogen and oxygen atoms in total. The molecular weight excluding hydrogens is 457 g/mol. The van der Waals surface area contributed by atoms with Gasteiger partial charge in [0.15, 0.2) is 5.13 Å². The van der Waals surface area contributed by atoms with Gasteiger partial charge in [-0.1, -0.05) is 6.07 Å². The minimum Gasteiger partial charge on any atom is -0.497 e. The first-order valence-electron chi connectivity index (χ1n) is 10.9. The van der Waals surface area contributed by atoms with Gasteiger partial charge in [0.05, 0.1) is 18.5 Å². The Morgan fingerprint density at radius 3 is 2.85 bits per heavy atom. The van der Waals surface area contributed by atoms with Crippen molar-refractivity contribution >= 4 is 39.4 Å². The number of ether oxygens (including phenoxy) is 1. The first-order chi connectivity index (χ1) is 16.4. The van der Waals surface area contributed by atoms with Crippen LogP contribution in [0, 0.1) is 5.82 Å². The number of para-hydroxylation sites is 1. The van der Waals surface area contributed by atoms with Crippen molar-refractivity contribution in [3.8, 4) is 16.8 Å². The highest BCUT2D eigenvalue weighted by atomic mass is 32.1. The van der Waals surface area contributed by atoms with Crippen molar-refractivity contribution in [2.45, 2.75) is 18.9 Å². The lowest BCUT2D eigenvalue weighted by Crippen LogP contribution is -2.40. The zero-order valence-corrected chi connectivity index (χ0v) is 19.3. The SMILES string of the molecule is COc1ccc2cn(-c3nc(C(=O)Nc4cccc(F)c4N4CCC(N)CC4)cs3)c(O)c2c1. The second-order valence-electron chi connectivity index (χ2n) is 8.21. The molecule has 0 unspecified atom stereocenters. The van der Waals surface area contributed by atoms with Crippen LogP contribution in [0.1, 0.15) is 23.3 Å². The molecule has 3 heterocycles. The van der Waals surface area contributed by atoms with E-state index >= 15 is 0 Å². The number of hydrogen-bond acceptors (Lipinski definition) is 7. The lowest BCUT2D eigenvalue weighted by Gasteiger charge is -2.33. The number of nitrogens with two attached hydrogens (primary N) is 1. The Bertz CT molecular complexity index is 1360. The predicted octanol–water partition coefficient (Wildman–Crippen LogP) is 4.12. The fraction of sp³-hybridized carbons (Fsp3) is 0.250. The van der Waals surface area contributed by atoms with Crippen molar-refractivity contribution in [2.24, 2.45) is 5.73 Å². The molecule has 0 atom stereocenters. The van der Waals surface area contributed by atoms with E-state index < -0.39 is 11.7 Å². The van der Waals surface area contributed by atoms with E-state index in [0.717, 1.165) is 18.2 Å². The number of nitrogens with one attached hydrogen (secondary N) is 1. The molecule has 10 heteroatoms. The standard InChI is InChI=1S/C24H24FN5O3S/c1-33-16-6-5-14-12-30(23(32)17(14)11-16)24-28-20(13-34-24)22(31)27-19-4-2-3-18(25)21(19)29-9-7-15(26)8-10-29/h2-6,11-13,15,32H,7-10,26H2,1H3,(H,27,31). The Morgan fingerprint density at radius 2 is 2.09 bits per heavy atom. The molecular formula is C24H24FN5O3S. The topological polar surface area (TPSA) is 106 Å². The fourth-order valence-electron chi connectivity index (χ4n) is 4.17. The molecule has 0 spiro atoms. The van der Waals surface area contributed by atoms with E-state index in [1.165, 1.54) is 22.0 Å². The number of hydrogen-bond donors (Lipinski definition) is 3. The quantitative estimate of drug-likeness (QED) is 0.396. The summed E-state index contributed by atoms with van der Waals surface area (Å²) in [6.07, 6.45) is 3.27. The average Bonchev–Trinajstić information content (AvgIpc) is 3.45. The molecule has 2 aromatic heterocycles. The Labute approximate surface area is 199 Å². The number of thiazole rings is 1. The highest BCUT2D eigenvalue weighted by molar-refractivity contribution is 7.12. The summed E-state index contributed by atoms with van der Waals surface area (Å²) in [5.41, 5.74) is 6.90. The number of aromatic hydroxyl groups is 1. The van der Waals surface area contributed by atoms with Crippen LogP contribution in [0.4, 0.5) is 15.8 Å². The molecule has 0 bridgehead atoms. The number of piperidine rings is 1. The van der Waals surface area contributed by atoms with Crippen LogP contribution >= 0.6 is 11.3 Å². The van der Waals surface area contributed by atoms with Crippen LogP contribution in [0.2, 0.25) is 0 Å². The number of nitrogens with zero attached hydrogens (tertiary/aromatic N) is 3. The molecule has 1 aliphatic heterocycles. The summed E-state index contributed by atoms with van der Waals surface area (Å²) < 4.78 is 21.5. The van der Waals surface area contributed by atoms with Gasteiger partial charge < -0.3 is 25.8 Å². The van der Waals surface area contributed by atoms with E-state index in [1.807, 2.05) is 11.0 Å². The first-order valence-corrected chi connectivity index (χ1v) is 11.8. The summed E-state index contributed by atoms with van der Waals surface area (Å²) in [7, 11) is 1.56. The number of anilines is 2. The van der Waals surface area contributed by atoms with Gasteiger partial charge in [-0.05, 0) is 43.2 Å². The van der Waals surface area contributed by atoms with Crippen LogP contribution < -0.4 is 20.7 Å². The summed E-state index contributed by atoms with van der Waals surface area (Å²) in [6, 6.07) is 10.1. The second-order valence-corrected chi connectivity index (χ2v) is 9.04. The third kappa shape index (κ3) is 4.06. The van der Waals surface area contributed by atoms with Gasteiger partial charge in [-0.2, -0.15) is 0 Å². The Morgan fingerprint density at radius 1 is 1.29 bits per heavy atom. The second kappa shape index (κ2) is 8.96. The zero-order chi connectivity index (χ0) is 23.8. The highest BCUT2D eigenvalue weighted by Crippen LogP contribution is 2.34. The molecule has 1 aliphatic rings. The van der Waals surface area contributed by atoms with Crippen LogP contribution in [0.25, 0.3) is 15.9 Å². The van der Waals surface area contributed by atoms with Gasteiger partial charge in [-0.15, -0.1) is 11.3 Å². The number of methoxy groups -OCH3 is 1. The maximum absolute atomic E-state index is 14.7. The molecule has 4 N–H and O–H groups in total. The van der Waals surface area contributed by atoms with Crippen molar-refractivity contribution in [3.63, 3.8) is 0 Å². The molecule has 1 amide bonds. The summed E-state index contributed by atoms with van der Waals surface area (Å²) in [6.45, 7) is 1.24. The molecule has 0 saturated carbocycles. The molecule has 5 rings (SSSR count). The van der Waals surface area contributed by atoms with Gasteiger partial charge in [0.25, 0.3) is 5.91 Å². The van der Waals surface area contributed by atoms with Gasteiger partial charge in [0.1, 0.15) is 17.3 Å². The number of aromatic nitrogens is 2. The van der Waals surface area contributed by atoms with E-state index in [9.17, 15) is 14.3 Å². The molecule has 0 aliphatic carbocycles. The van der Waals surface area contributed by atoms with Crippen LogP contribution in [0.3, 0.4) is 0 Å². The third-order valence-electron chi connectivity index (χ3n) is 6.02. The molecule has 2 aromatic carbocycles. The zero-order valence-electron chi connectivity index (χ0n) is 18.5. The number of halogens is 1. The van der Waals surface area contributed by atoms with Crippen molar-refractivity contribution < 1.29 is 19.0 Å². The normalized spacial score (nSPS) is 14.5. The maximum Gasteiger partial charge on any atom is 0.275 e. The fourth-order valence-corrected chi connectivity index (χ4v) is 4.95. The summed E-state index contributed by atoms with van der Waals surface area (Å²) >= 11 is 1.22. The summed E-state index contributed by atoms with van der Waals surface area (Å²) in [4.78, 5) is 19.3. The van der Waals surface area contributed by atoms with E-state index in [0.29, 0.717) is 40.7 Å². The Balaban J connectivity index is 1.40. The van der Waals surface area contributed by atoms with Gasteiger partial charge in [-0.3, -0.25) is 9.36 Å². The smallest absolute Gasteiger partial charge is 0.275 e. The van der Waals surface area contributed by atoms with Gasteiger partial charge in [-0.25, -0.2) is 9.37 Å². The monoisotopic (exact) mass is 481 g/mol. The highest BCUT2D eigenvalue weighted by Gasteiger charge is 2.23. The van der Waals surface area contributed by atoms with Crippen molar-refractivity contribution in [1.82, 2.24) is 9.55 Å². The maximum atomic E-state index is 14.7. The van der Waals surface area contributed by atoms with Gasteiger partial charge >= 0.3 is 0 Å². The van der Waals surface area contributed by atoms with Gasteiger partial charge in [0.2, 0.25) is 5.88 Å². The van der Waals surface area contributed by atoms with Crippen molar-refractivity contribution in [1.29, 1.82) is 0 Å². The number of benzene rings is 2. The number of amides is 1. The summed E-state index contributed by atoms with van der Waals surface area (Å²) in [5.74, 6) is -0.222. The summed E-state index contributed by atoms with van der Waals surface area (Å²) in [5, 5.41) is 17.0. The minimum absolute atomic E-state index is 0.00549. The predicted molar refractivity (Wildman–Crippen MR) is 131 cm³/mol. The lowest BCUT2D eigenvalue weighted by atomic mass is 10.0. The minimum atomic E-state index is -0.457. The number of rotatable bonds is 5. The van der Waals surface area contributed by atoms with Crippen molar-refractivity contribution in [3.05, 3.63) is 59.5 Å². The van der Waals surface area contributed by atoms with E-state index in [1.54, 1.807) is 43.0 Å². The average molecular weight is 482 g/mol. The van der Waals surface area contributed by atoms with Crippen LogP contribution in [0.15, 0.2) is 48.0 Å². The third-order valence-corrected chi connectivity index (χ3v) is 6.86. The molecule has 1 fully saturated rings. The van der Waals surface area contributed by atoms with E-state index in [2.05, 4.69) is 10.3 Å². The first kappa shape index (κ1) is 22.2. The molecule has 1 saturated heterocycles. The number of fused-ring (bicyclic) bond motifs is 1. The molecule has 4 aromatic rings. The lowest BCUT2D eigenvalue weighted by molar-refractivity contribution is 0.102. The number of carbonyl (C=O) groups excluding carboxylic acids is 1. The van der Waals surface area contributed by atoms with Gasteiger partial charge in [0, 0.05) is 41.5 Å². The van der Waals surface area contributed by atoms with Crippen LogP contribution in [-0.2, 0) is 0 Å². The number of carbonyl (C=O) groups is 1. The largest absolute Gasteiger partial charge is 0.497 e.